The van der Waals surface area contributed by atoms with Gasteiger partial charge >= 0.3 is 24.1 Å². The van der Waals surface area contributed by atoms with E-state index in [1.54, 1.807) is 20.8 Å². The van der Waals surface area contributed by atoms with E-state index in [2.05, 4.69) is 10.1 Å². The third kappa shape index (κ3) is 9.30. The summed E-state index contributed by atoms with van der Waals surface area (Å²) in [6.07, 6.45) is 2.60. The summed E-state index contributed by atoms with van der Waals surface area (Å²) < 4.78 is 20.0. The minimum atomic E-state index is -0.759. The number of nitrogens with zero attached hydrogens (tertiary/aromatic N) is 2. The summed E-state index contributed by atoms with van der Waals surface area (Å²) in [6, 6.07) is -0.661. The standard InChI is InChI=1S/C15H26N2O4.C11H19NO5/c1-15(2,3)21-14(19)17-9-11(16-10-6-5-7-10)8-12(17)13(18)20-4;1-11(2,3)17-10(15)12-6-7(13)5-8(12)9(14)16-4/h10-12,16H,5-9H2,1-4H3;7-8,13H,5-6H2,1-4H3/t11?,12-;7-,8-/m00/s1. The normalized spacial score (nSPS) is 25.6. The number of rotatable bonds is 4. The number of carbonyl (C=O) groups is 4. The number of nitrogens with one attached hydrogen (secondary N) is 1. The fourth-order valence-electron chi connectivity index (χ4n) is 4.44. The molecule has 1 unspecified atom stereocenters. The topological polar surface area (TPSA) is 144 Å². The summed E-state index contributed by atoms with van der Waals surface area (Å²) in [5.74, 6) is -0.911. The third-order valence-electron chi connectivity index (χ3n) is 6.36. The van der Waals surface area contributed by atoms with Gasteiger partial charge in [-0.2, -0.15) is 0 Å². The molecule has 2 amide bonds. The van der Waals surface area contributed by atoms with Gasteiger partial charge in [-0.1, -0.05) is 6.42 Å². The van der Waals surface area contributed by atoms with Crippen molar-refractivity contribution >= 4 is 24.1 Å². The van der Waals surface area contributed by atoms with Crippen molar-refractivity contribution in [3.63, 3.8) is 0 Å². The highest BCUT2D eigenvalue weighted by atomic mass is 16.6. The third-order valence-corrected chi connectivity index (χ3v) is 6.36. The largest absolute Gasteiger partial charge is 0.467 e. The van der Waals surface area contributed by atoms with Crippen molar-refractivity contribution in [2.75, 3.05) is 27.3 Å². The van der Waals surface area contributed by atoms with Gasteiger partial charge in [-0.05, 0) is 60.8 Å². The van der Waals surface area contributed by atoms with Gasteiger partial charge in [0.1, 0.15) is 23.3 Å². The average Bonchev–Trinajstić information content (AvgIpc) is 3.37. The number of ether oxygens (including phenoxy) is 4. The van der Waals surface area contributed by atoms with E-state index < -0.39 is 47.5 Å². The molecule has 2 aliphatic heterocycles. The molecule has 1 aliphatic carbocycles. The number of methoxy groups -OCH3 is 2. The molecule has 0 bridgehead atoms. The number of carbonyl (C=O) groups excluding carboxylic acids is 4. The van der Waals surface area contributed by atoms with E-state index in [1.165, 1.54) is 43.3 Å². The molecule has 2 N–H and O–H groups in total. The minimum Gasteiger partial charge on any atom is -0.467 e. The lowest BCUT2D eigenvalue weighted by atomic mass is 9.92. The van der Waals surface area contributed by atoms with Gasteiger partial charge in [-0.15, -0.1) is 0 Å². The lowest BCUT2D eigenvalue weighted by Gasteiger charge is -2.30. The van der Waals surface area contributed by atoms with E-state index in [9.17, 15) is 24.3 Å². The summed E-state index contributed by atoms with van der Waals surface area (Å²) in [5, 5.41) is 13.0. The van der Waals surface area contributed by atoms with Crippen molar-refractivity contribution in [1.29, 1.82) is 0 Å². The molecule has 0 aromatic carbocycles. The maximum absolute atomic E-state index is 12.3. The Bertz CT molecular complexity index is 848. The summed E-state index contributed by atoms with van der Waals surface area (Å²) in [5.41, 5.74) is -1.21. The SMILES string of the molecule is COC(=O)[C@@H]1CC(NC2CCC2)CN1C(=O)OC(C)(C)C.COC(=O)[C@@H]1C[C@H](O)CN1C(=O)OC(C)(C)C. The Balaban J connectivity index is 0.000000273. The van der Waals surface area contributed by atoms with Crippen LogP contribution in [0.1, 0.15) is 73.6 Å². The number of β-amino-alcohol motifs (C(OH)–C–C–N with tert-alkyl or cyclic N) is 1. The van der Waals surface area contributed by atoms with Crippen LogP contribution >= 0.6 is 0 Å². The van der Waals surface area contributed by atoms with Gasteiger partial charge in [0.25, 0.3) is 0 Å². The van der Waals surface area contributed by atoms with Gasteiger partial charge < -0.3 is 29.4 Å². The summed E-state index contributed by atoms with van der Waals surface area (Å²) in [4.78, 5) is 50.2. The molecule has 0 radical (unpaired) electrons. The van der Waals surface area contributed by atoms with Crippen LogP contribution < -0.4 is 5.32 Å². The fourth-order valence-corrected chi connectivity index (χ4v) is 4.44. The van der Waals surface area contributed by atoms with Crippen molar-refractivity contribution in [2.24, 2.45) is 0 Å². The molecule has 2 heterocycles. The highest BCUT2D eigenvalue weighted by molar-refractivity contribution is 5.83. The molecule has 218 valence electrons. The Morgan fingerprint density at radius 3 is 1.58 bits per heavy atom. The van der Waals surface area contributed by atoms with Crippen LogP contribution in [0.2, 0.25) is 0 Å². The Morgan fingerprint density at radius 1 is 0.737 bits per heavy atom. The molecule has 12 nitrogen and oxygen atoms in total. The van der Waals surface area contributed by atoms with E-state index in [0.717, 1.165) is 0 Å². The van der Waals surface area contributed by atoms with Crippen LogP contribution in [-0.2, 0) is 28.5 Å². The highest BCUT2D eigenvalue weighted by Crippen LogP contribution is 2.26. The Hall–Kier alpha value is -2.60. The molecule has 38 heavy (non-hydrogen) atoms. The molecule has 0 aromatic heterocycles. The van der Waals surface area contributed by atoms with Crippen molar-refractivity contribution < 1.29 is 43.2 Å². The van der Waals surface area contributed by atoms with E-state index in [1.807, 2.05) is 20.8 Å². The zero-order valence-corrected chi connectivity index (χ0v) is 23.9. The maximum atomic E-state index is 12.3. The van der Waals surface area contributed by atoms with Gasteiger partial charge in [0.2, 0.25) is 0 Å². The van der Waals surface area contributed by atoms with Crippen LogP contribution in [0.3, 0.4) is 0 Å². The Kier molecular flexibility index (Phi) is 10.8. The maximum Gasteiger partial charge on any atom is 0.411 e. The second kappa shape index (κ2) is 13.0. The molecular formula is C26H45N3O9. The second-order valence-electron chi connectivity index (χ2n) is 12.0. The van der Waals surface area contributed by atoms with Crippen molar-refractivity contribution in [1.82, 2.24) is 15.1 Å². The van der Waals surface area contributed by atoms with Crippen LogP contribution in [0, 0.1) is 0 Å². The number of esters is 2. The molecule has 3 rings (SSSR count). The van der Waals surface area contributed by atoms with Crippen molar-refractivity contribution in [3.05, 3.63) is 0 Å². The Labute approximate surface area is 225 Å². The lowest BCUT2D eigenvalue weighted by Crippen LogP contribution is -2.45. The first-order valence-electron chi connectivity index (χ1n) is 13.1. The van der Waals surface area contributed by atoms with Crippen LogP contribution in [0.15, 0.2) is 0 Å². The molecule has 1 saturated carbocycles. The van der Waals surface area contributed by atoms with E-state index >= 15 is 0 Å². The van der Waals surface area contributed by atoms with Gasteiger partial charge in [-0.3, -0.25) is 9.80 Å². The van der Waals surface area contributed by atoms with Crippen molar-refractivity contribution in [3.8, 4) is 0 Å². The molecule has 0 spiro atoms. The van der Waals surface area contributed by atoms with Crippen LogP contribution in [-0.4, -0.2) is 108 Å². The smallest absolute Gasteiger partial charge is 0.411 e. The molecular weight excluding hydrogens is 498 g/mol. The van der Waals surface area contributed by atoms with E-state index in [0.29, 0.717) is 19.0 Å². The highest BCUT2D eigenvalue weighted by Gasteiger charge is 2.43. The first-order chi connectivity index (χ1) is 17.5. The predicted molar refractivity (Wildman–Crippen MR) is 137 cm³/mol. The van der Waals surface area contributed by atoms with Crippen LogP contribution in [0.5, 0.6) is 0 Å². The number of hydrogen-bond donors (Lipinski definition) is 2. The average molecular weight is 544 g/mol. The van der Waals surface area contributed by atoms with E-state index in [4.69, 9.17) is 14.2 Å². The van der Waals surface area contributed by atoms with E-state index in [-0.39, 0.29) is 25.0 Å². The number of amides is 2. The Morgan fingerprint density at radius 2 is 1.18 bits per heavy atom. The molecule has 0 aromatic rings. The first kappa shape index (κ1) is 31.6. The molecule has 4 atom stereocenters. The molecule has 12 heteroatoms. The number of likely N-dealkylation sites (tertiary alicyclic amines) is 2. The monoisotopic (exact) mass is 543 g/mol. The van der Waals surface area contributed by atoms with Gasteiger partial charge in [0.15, 0.2) is 0 Å². The van der Waals surface area contributed by atoms with Gasteiger partial charge in [0, 0.05) is 25.0 Å². The molecule has 3 fully saturated rings. The van der Waals surface area contributed by atoms with Gasteiger partial charge in [-0.25, -0.2) is 19.2 Å². The molecule has 3 aliphatic rings. The zero-order chi connectivity index (χ0) is 28.8. The number of aliphatic hydroxyl groups is 1. The van der Waals surface area contributed by atoms with Gasteiger partial charge in [0.05, 0.1) is 26.9 Å². The fraction of sp³-hybridized carbons (Fsp3) is 0.846. The summed E-state index contributed by atoms with van der Waals surface area (Å²) >= 11 is 0. The predicted octanol–water partition coefficient (Wildman–Crippen LogP) is 2.21. The van der Waals surface area contributed by atoms with Crippen LogP contribution in [0.4, 0.5) is 9.59 Å². The lowest BCUT2D eigenvalue weighted by molar-refractivity contribution is -0.146. The number of hydrogen-bond acceptors (Lipinski definition) is 10. The van der Waals surface area contributed by atoms with Crippen molar-refractivity contribution in [2.45, 2.75) is 115 Å². The first-order valence-corrected chi connectivity index (χ1v) is 13.1. The number of aliphatic hydroxyl groups excluding tert-OH is 1. The quantitative estimate of drug-likeness (QED) is 0.400. The second-order valence-corrected chi connectivity index (χ2v) is 12.0. The summed E-state index contributed by atoms with van der Waals surface area (Å²) in [7, 11) is 2.60. The van der Waals surface area contributed by atoms with Crippen LogP contribution in [0.25, 0.3) is 0 Å². The minimum absolute atomic E-state index is 0.0919. The summed E-state index contributed by atoms with van der Waals surface area (Å²) in [6.45, 7) is 11.3. The molecule has 2 saturated heterocycles. The zero-order valence-electron chi connectivity index (χ0n) is 23.9.